The van der Waals surface area contributed by atoms with E-state index in [2.05, 4.69) is 44.8 Å². The minimum atomic E-state index is -4.07. The molecule has 3 rings (SSSR count). The van der Waals surface area contributed by atoms with E-state index >= 15 is 0 Å². The average Bonchev–Trinajstić information content (AvgIpc) is 2.80. The first kappa shape index (κ1) is 23.2. The van der Waals surface area contributed by atoms with Gasteiger partial charge in [-0.2, -0.15) is 28.9 Å². The van der Waals surface area contributed by atoms with Gasteiger partial charge in [0.1, 0.15) is 5.88 Å². The summed E-state index contributed by atoms with van der Waals surface area (Å²) >= 11 is 0. The number of benzene rings is 3. The van der Waals surface area contributed by atoms with Gasteiger partial charge in [0.15, 0.2) is 0 Å². The molecule has 0 aliphatic carbocycles. The quantitative estimate of drug-likeness (QED) is 0.252. The largest absolute Gasteiger partial charge is 0.370 e. The molecule has 0 amide bonds. The van der Waals surface area contributed by atoms with Gasteiger partial charge in [-0.05, 0) is 79.1 Å². The molecule has 0 saturated carbocycles. The van der Waals surface area contributed by atoms with E-state index in [-0.39, 0.29) is 0 Å². The van der Waals surface area contributed by atoms with E-state index in [4.69, 9.17) is 4.55 Å². The van der Waals surface area contributed by atoms with Gasteiger partial charge < -0.3 is 5.32 Å². The third-order valence-corrected chi connectivity index (χ3v) is 5.00. The maximum Gasteiger partial charge on any atom is 0.283 e. The summed E-state index contributed by atoms with van der Waals surface area (Å²) in [7, 11) is -4.07. The van der Waals surface area contributed by atoms with Crippen LogP contribution in [0.3, 0.4) is 0 Å². The first-order valence-corrected chi connectivity index (χ1v) is 11.8. The van der Waals surface area contributed by atoms with Crippen LogP contribution in [0.1, 0.15) is 25.3 Å². The Morgan fingerprint density at radius 1 is 0.719 bits per heavy atom. The van der Waals surface area contributed by atoms with Crippen LogP contribution in [-0.4, -0.2) is 18.8 Å². The zero-order valence-corrected chi connectivity index (χ0v) is 18.5. The molecule has 0 radical (unpaired) electrons. The fraction of sp³-hybridized carbons (Fsp3) is 0.217. The van der Waals surface area contributed by atoms with Crippen LogP contribution in [0.25, 0.3) is 0 Å². The Morgan fingerprint density at radius 2 is 1.12 bits per heavy atom. The molecule has 0 heterocycles. The second-order valence-corrected chi connectivity index (χ2v) is 8.59. The van der Waals surface area contributed by atoms with E-state index in [1.54, 1.807) is 36.4 Å². The Bertz CT molecular complexity index is 1160. The normalized spacial score (nSPS) is 11.9. The Labute approximate surface area is 187 Å². The molecule has 0 saturated heterocycles. The van der Waals surface area contributed by atoms with Crippen molar-refractivity contribution in [2.75, 3.05) is 11.2 Å². The van der Waals surface area contributed by atoms with Crippen LogP contribution in [0.4, 0.5) is 28.4 Å². The number of anilines is 1. The summed E-state index contributed by atoms with van der Waals surface area (Å²) < 4.78 is 30.3. The maximum atomic E-state index is 10.8. The molecule has 0 fully saturated rings. The monoisotopic (exact) mass is 451 g/mol. The summed E-state index contributed by atoms with van der Waals surface area (Å²) in [6.07, 6.45) is 3.45. The van der Waals surface area contributed by atoms with Crippen LogP contribution in [0, 0.1) is 0 Å². The fourth-order valence-corrected chi connectivity index (χ4v) is 3.10. The highest BCUT2D eigenvalue weighted by molar-refractivity contribution is 7.85. The average molecular weight is 452 g/mol. The van der Waals surface area contributed by atoms with Crippen molar-refractivity contribution in [2.24, 2.45) is 20.5 Å². The molecule has 0 atom stereocenters. The maximum absolute atomic E-state index is 10.8. The third-order valence-electron chi connectivity index (χ3n) is 4.49. The molecule has 0 aromatic heterocycles. The molecule has 0 aliphatic heterocycles. The molecule has 0 spiro atoms. The molecule has 8 nitrogen and oxygen atoms in total. The second kappa shape index (κ2) is 11.3. The predicted molar refractivity (Wildman–Crippen MR) is 126 cm³/mol. The standard InChI is InChI=1S/C23H25N5O3S/c1-2-3-4-18-5-7-20(8-6-18)25-27-22-13-15-23(16-14-22)28-26-21-11-9-19(10-12-21)24-17-32(29,30)31/h5-16,24H,2-4,17H2,1H3,(H,29,30,31). The summed E-state index contributed by atoms with van der Waals surface area (Å²) in [5.74, 6) is -0.554. The van der Waals surface area contributed by atoms with Gasteiger partial charge in [-0.3, -0.25) is 4.55 Å². The van der Waals surface area contributed by atoms with Gasteiger partial charge in [0.05, 0.1) is 22.7 Å². The number of nitrogens with zero attached hydrogens (tertiary/aromatic N) is 4. The molecule has 166 valence electrons. The topological polar surface area (TPSA) is 116 Å². The number of hydrogen-bond acceptors (Lipinski definition) is 7. The minimum Gasteiger partial charge on any atom is -0.370 e. The molecule has 0 aliphatic rings. The van der Waals surface area contributed by atoms with Crippen molar-refractivity contribution < 1.29 is 13.0 Å². The van der Waals surface area contributed by atoms with Crippen molar-refractivity contribution in [3.05, 3.63) is 78.4 Å². The highest BCUT2D eigenvalue weighted by Gasteiger charge is 2.03. The Kier molecular flexibility index (Phi) is 8.18. The van der Waals surface area contributed by atoms with Crippen LogP contribution in [0.5, 0.6) is 0 Å². The number of aryl methyl sites for hydroxylation is 1. The lowest BCUT2D eigenvalue weighted by Crippen LogP contribution is -2.12. The van der Waals surface area contributed by atoms with Crippen LogP contribution >= 0.6 is 0 Å². The van der Waals surface area contributed by atoms with E-state index in [1.165, 1.54) is 18.4 Å². The van der Waals surface area contributed by atoms with Gasteiger partial charge in [-0.1, -0.05) is 25.5 Å². The van der Waals surface area contributed by atoms with E-state index in [0.717, 1.165) is 12.1 Å². The van der Waals surface area contributed by atoms with Gasteiger partial charge >= 0.3 is 0 Å². The van der Waals surface area contributed by atoms with Gasteiger partial charge in [0.25, 0.3) is 10.1 Å². The molecule has 9 heteroatoms. The van der Waals surface area contributed by atoms with E-state index < -0.39 is 16.0 Å². The summed E-state index contributed by atoms with van der Waals surface area (Å²) in [5.41, 5.74) is 4.65. The van der Waals surface area contributed by atoms with Gasteiger partial charge in [-0.15, -0.1) is 0 Å². The molecule has 0 unspecified atom stereocenters. The molecule has 2 N–H and O–H groups in total. The van der Waals surface area contributed by atoms with E-state index in [9.17, 15) is 8.42 Å². The lowest BCUT2D eigenvalue weighted by molar-refractivity contribution is 0.485. The predicted octanol–water partition coefficient (Wildman–Crippen LogP) is 7.12. The molecular formula is C23H25N5O3S. The number of hydrogen-bond donors (Lipinski definition) is 2. The Morgan fingerprint density at radius 3 is 1.53 bits per heavy atom. The highest BCUT2D eigenvalue weighted by Crippen LogP contribution is 2.24. The first-order valence-electron chi connectivity index (χ1n) is 10.2. The van der Waals surface area contributed by atoms with Crippen LogP contribution < -0.4 is 5.32 Å². The molecule has 0 bridgehead atoms. The number of rotatable bonds is 10. The Hall–Kier alpha value is -3.43. The summed E-state index contributed by atoms with van der Waals surface area (Å²) in [6, 6.07) is 22.0. The van der Waals surface area contributed by atoms with Crippen molar-refractivity contribution in [1.82, 2.24) is 0 Å². The number of nitrogens with one attached hydrogen (secondary N) is 1. The number of unbranched alkanes of at least 4 members (excludes halogenated alkanes) is 1. The SMILES string of the molecule is CCCCc1ccc(N=Nc2ccc(N=Nc3ccc(NCS(=O)(=O)O)cc3)cc2)cc1. The van der Waals surface area contributed by atoms with Crippen LogP contribution in [-0.2, 0) is 16.5 Å². The summed E-state index contributed by atoms with van der Waals surface area (Å²) in [6.45, 7) is 2.18. The molecule has 3 aromatic rings. The zero-order valence-electron chi connectivity index (χ0n) is 17.7. The Balaban J connectivity index is 1.55. The van der Waals surface area contributed by atoms with Gasteiger partial charge in [0, 0.05) is 5.69 Å². The van der Waals surface area contributed by atoms with Crippen molar-refractivity contribution in [2.45, 2.75) is 26.2 Å². The van der Waals surface area contributed by atoms with Crippen molar-refractivity contribution in [1.29, 1.82) is 0 Å². The fourth-order valence-electron chi connectivity index (χ4n) is 2.75. The van der Waals surface area contributed by atoms with Crippen molar-refractivity contribution in [3.8, 4) is 0 Å². The summed E-state index contributed by atoms with van der Waals surface area (Å²) in [5, 5.41) is 19.5. The van der Waals surface area contributed by atoms with Gasteiger partial charge in [0.2, 0.25) is 0 Å². The van der Waals surface area contributed by atoms with Crippen molar-refractivity contribution >= 4 is 38.6 Å². The minimum absolute atomic E-state index is 0.548. The number of azo groups is 2. The highest BCUT2D eigenvalue weighted by atomic mass is 32.2. The lowest BCUT2D eigenvalue weighted by Gasteiger charge is -2.03. The smallest absolute Gasteiger partial charge is 0.283 e. The first-order chi connectivity index (χ1) is 15.4. The van der Waals surface area contributed by atoms with E-state index in [1.807, 2.05) is 24.3 Å². The van der Waals surface area contributed by atoms with Gasteiger partial charge in [-0.25, -0.2) is 0 Å². The summed E-state index contributed by atoms with van der Waals surface area (Å²) in [4.78, 5) is 0. The zero-order chi connectivity index (χ0) is 22.8. The lowest BCUT2D eigenvalue weighted by atomic mass is 10.1. The molecular weight excluding hydrogens is 426 g/mol. The van der Waals surface area contributed by atoms with Crippen LogP contribution in [0.15, 0.2) is 93.3 Å². The van der Waals surface area contributed by atoms with Crippen LogP contribution in [0.2, 0.25) is 0 Å². The third kappa shape index (κ3) is 8.01. The second-order valence-electron chi connectivity index (χ2n) is 7.14. The molecule has 3 aromatic carbocycles. The van der Waals surface area contributed by atoms with E-state index in [0.29, 0.717) is 22.7 Å². The molecule has 32 heavy (non-hydrogen) atoms. The van der Waals surface area contributed by atoms with Crippen molar-refractivity contribution in [3.63, 3.8) is 0 Å².